The number of aliphatic hydroxyl groups is 1. The summed E-state index contributed by atoms with van der Waals surface area (Å²) in [5.41, 5.74) is -0.888. The Morgan fingerprint density at radius 1 is 1.05 bits per heavy atom. The van der Waals surface area contributed by atoms with Crippen molar-refractivity contribution in [2.75, 3.05) is 5.32 Å². The van der Waals surface area contributed by atoms with Crippen LogP contribution in [0.15, 0.2) is 70.7 Å². The van der Waals surface area contributed by atoms with E-state index in [0.29, 0.717) is 25.0 Å². The minimum Gasteiger partial charge on any atom is -0.391 e. The van der Waals surface area contributed by atoms with Gasteiger partial charge in [-0.1, -0.05) is 47.1 Å². The monoisotopic (exact) mass is 606 g/mol. The van der Waals surface area contributed by atoms with Crippen molar-refractivity contribution in [3.63, 3.8) is 0 Å². The third-order valence-corrected chi connectivity index (χ3v) is 10.5. The normalized spacial score (nSPS) is 24.0. The van der Waals surface area contributed by atoms with Crippen LogP contribution < -0.4 is 5.32 Å². The van der Waals surface area contributed by atoms with Crippen LogP contribution in [0.1, 0.15) is 41.6 Å². The first-order valence-corrected chi connectivity index (χ1v) is 14.8. The number of hydrogen-bond acceptors (Lipinski definition) is 6. The van der Waals surface area contributed by atoms with Gasteiger partial charge in [0.2, 0.25) is 0 Å². The Hall–Kier alpha value is -3.41. The van der Waals surface area contributed by atoms with Crippen LogP contribution in [0.3, 0.4) is 0 Å². The molecule has 0 saturated heterocycles. The number of nitrogens with zero attached hydrogens (tertiary/aromatic N) is 1. The zero-order valence-electron chi connectivity index (χ0n) is 21.6. The second kappa shape index (κ2) is 11.5. The van der Waals surface area contributed by atoms with Crippen LogP contribution in [0.5, 0.6) is 0 Å². The minimum absolute atomic E-state index is 0.0865. The Morgan fingerprint density at radius 2 is 1.68 bits per heavy atom. The highest BCUT2D eigenvalue weighted by Gasteiger charge is 2.54. The van der Waals surface area contributed by atoms with E-state index in [0.717, 1.165) is 11.6 Å². The van der Waals surface area contributed by atoms with Crippen LogP contribution in [0, 0.1) is 29.3 Å². The highest BCUT2D eigenvalue weighted by molar-refractivity contribution is 7.92. The number of carbonyl (C=O) groups excluding carboxylic acids is 1. The van der Waals surface area contributed by atoms with Crippen molar-refractivity contribution >= 4 is 39.2 Å². The van der Waals surface area contributed by atoms with Crippen molar-refractivity contribution in [3.05, 3.63) is 94.3 Å². The molecule has 2 N–H and O–H groups in total. The molecule has 4 atom stereocenters. The number of rotatable bonds is 8. The number of oxime groups is 1. The Kier molecular flexibility index (Phi) is 8.13. The maximum absolute atomic E-state index is 13.9. The van der Waals surface area contributed by atoms with Gasteiger partial charge in [-0.15, -0.1) is 0 Å². The zero-order chi connectivity index (χ0) is 29.4. The molecule has 5 rings (SSSR count). The predicted octanol–water partition coefficient (Wildman–Crippen LogP) is 5.91. The molecule has 12 heteroatoms. The Bertz CT molecular complexity index is 1570. The van der Waals surface area contributed by atoms with Crippen molar-refractivity contribution in [2.24, 2.45) is 17.0 Å². The molecule has 0 spiro atoms. The minimum atomic E-state index is -4.06. The van der Waals surface area contributed by atoms with Crippen LogP contribution >= 0.6 is 11.6 Å². The third kappa shape index (κ3) is 6.12. The van der Waals surface area contributed by atoms with Gasteiger partial charge in [0.15, 0.2) is 27.3 Å². The lowest BCUT2D eigenvalue weighted by Crippen LogP contribution is -2.47. The van der Waals surface area contributed by atoms with E-state index in [1.54, 1.807) is 0 Å². The molecule has 216 valence electrons. The van der Waals surface area contributed by atoms with E-state index in [-0.39, 0.29) is 52.5 Å². The van der Waals surface area contributed by atoms with Gasteiger partial charge in [0.25, 0.3) is 5.91 Å². The van der Waals surface area contributed by atoms with Gasteiger partial charge in [0, 0.05) is 23.4 Å². The van der Waals surface area contributed by atoms with E-state index < -0.39 is 44.0 Å². The standard InChI is InChI=1S/C29H26ClF3N2O5S/c30-22-9-8-18(28(36)35-21-11-23(31)26(33)24(32)12-21)10-25(22)41(38,39)27-19-6-7-20(27)14-29(37,13-19)16-34-40-15-17-4-2-1-3-5-17/h1-5,8-12,16,19-20,27,37H,6-7,13-15H2,(H,35,36)/b34-16+/t19-,20?,27?,29-/m1/s1. The second-order valence-electron chi connectivity index (χ2n) is 10.5. The molecule has 7 nitrogen and oxygen atoms in total. The van der Waals surface area contributed by atoms with Crippen molar-refractivity contribution in [1.29, 1.82) is 0 Å². The molecule has 0 radical (unpaired) electrons. The van der Waals surface area contributed by atoms with Crippen LogP contribution in [-0.2, 0) is 21.3 Å². The number of carbonyl (C=O) groups is 1. The molecule has 2 bridgehead atoms. The number of fused-ring (bicyclic) bond motifs is 2. The smallest absolute Gasteiger partial charge is 0.255 e. The summed E-state index contributed by atoms with van der Waals surface area (Å²) in [6.45, 7) is 0.227. The fourth-order valence-electron chi connectivity index (χ4n) is 5.84. The van der Waals surface area contributed by atoms with Gasteiger partial charge in [0.05, 0.1) is 21.4 Å². The molecule has 0 aliphatic heterocycles. The molecule has 1 amide bonds. The van der Waals surface area contributed by atoms with Crippen molar-refractivity contribution in [2.45, 2.75) is 48.0 Å². The maximum atomic E-state index is 13.9. The lowest BCUT2D eigenvalue weighted by molar-refractivity contribution is 0.0411. The number of halogens is 4. The van der Waals surface area contributed by atoms with Gasteiger partial charge in [-0.3, -0.25) is 4.79 Å². The average Bonchev–Trinajstić information content (AvgIpc) is 3.23. The molecule has 2 saturated carbocycles. The second-order valence-corrected chi connectivity index (χ2v) is 12.9. The van der Waals surface area contributed by atoms with E-state index in [1.807, 2.05) is 30.3 Å². The molecule has 2 unspecified atom stereocenters. The highest BCUT2D eigenvalue weighted by Crippen LogP contribution is 2.51. The summed E-state index contributed by atoms with van der Waals surface area (Å²) in [7, 11) is -4.06. The Labute approximate surface area is 239 Å². The van der Waals surface area contributed by atoms with Crippen LogP contribution in [-0.4, -0.2) is 36.5 Å². The fraction of sp³-hybridized carbons (Fsp3) is 0.310. The summed E-state index contributed by atoms with van der Waals surface area (Å²) in [5.74, 6) is -6.29. The Balaban J connectivity index is 1.31. The summed E-state index contributed by atoms with van der Waals surface area (Å²) >= 11 is 6.29. The zero-order valence-corrected chi connectivity index (χ0v) is 23.1. The van der Waals surface area contributed by atoms with Gasteiger partial charge < -0.3 is 15.3 Å². The Morgan fingerprint density at radius 3 is 2.32 bits per heavy atom. The van der Waals surface area contributed by atoms with Crippen LogP contribution in [0.25, 0.3) is 0 Å². The van der Waals surface area contributed by atoms with Crippen LogP contribution in [0.4, 0.5) is 18.9 Å². The number of nitrogens with one attached hydrogen (secondary N) is 1. The highest BCUT2D eigenvalue weighted by atomic mass is 35.5. The van der Waals surface area contributed by atoms with Gasteiger partial charge in [-0.05, 0) is 61.3 Å². The van der Waals surface area contributed by atoms with E-state index in [2.05, 4.69) is 10.5 Å². The predicted molar refractivity (Wildman–Crippen MR) is 147 cm³/mol. The number of hydrogen-bond donors (Lipinski definition) is 2. The summed E-state index contributed by atoms with van der Waals surface area (Å²) in [5, 5.41) is 16.4. The quantitative estimate of drug-likeness (QED) is 0.189. The molecule has 2 aliphatic carbocycles. The molecule has 3 aromatic rings. The molecule has 2 fully saturated rings. The molecule has 41 heavy (non-hydrogen) atoms. The largest absolute Gasteiger partial charge is 0.391 e. The van der Waals surface area contributed by atoms with Gasteiger partial charge in [0.1, 0.15) is 12.2 Å². The van der Waals surface area contributed by atoms with Crippen molar-refractivity contribution in [1.82, 2.24) is 0 Å². The van der Waals surface area contributed by atoms with E-state index in [9.17, 15) is 31.5 Å². The molecule has 0 aromatic heterocycles. The summed E-state index contributed by atoms with van der Waals surface area (Å²) < 4.78 is 68.1. The van der Waals surface area contributed by atoms with Gasteiger partial charge in [-0.2, -0.15) is 0 Å². The number of amides is 1. The molecular formula is C29H26ClF3N2O5S. The molecular weight excluding hydrogens is 581 g/mol. The van der Waals surface area contributed by atoms with E-state index in [1.165, 1.54) is 18.3 Å². The SMILES string of the molecule is O=C(Nc1cc(F)c(F)c(F)c1)c1ccc(Cl)c(S(=O)(=O)C2C3CC[C@@H]2C[C@](O)(/C=N/OCc2ccccc2)C3)c1. The maximum Gasteiger partial charge on any atom is 0.255 e. The van der Waals surface area contributed by atoms with Crippen molar-refractivity contribution < 1.29 is 36.3 Å². The summed E-state index contributed by atoms with van der Waals surface area (Å²) in [6.07, 6.45) is 2.81. The summed E-state index contributed by atoms with van der Waals surface area (Å²) in [6, 6.07) is 14.3. The third-order valence-electron chi connectivity index (χ3n) is 7.61. The fourth-order valence-corrected chi connectivity index (χ4v) is 8.69. The van der Waals surface area contributed by atoms with Crippen molar-refractivity contribution in [3.8, 4) is 0 Å². The molecule has 0 heterocycles. The van der Waals surface area contributed by atoms with Gasteiger partial charge in [-0.25, -0.2) is 21.6 Å². The van der Waals surface area contributed by atoms with E-state index in [4.69, 9.17) is 16.4 Å². The topological polar surface area (TPSA) is 105 Å². The lowest BCUT2D eigenvalue weighted by Gasteiger charge is -2.38. The first-order chi connectivity index (χ1) is 19.5. The number of sulfone groups is 1. The van der Waals surface area contributed by atoms with E-state index >= 15 is 0 Å². The van der Waals surface area contributed by atoms with Gasteiger partial charge >= 0.3 is 0 Å². The first-order valence-electron chi connectivity index (χ1n) is 12.9. The molecule has 3 aromatic carbocycles. The average molecular weight is 607 g/mol. The number of benzene rings is 3. The molecule has 2 aliphatic rings. The summed E-state index contributed by atoms with van der Waals surface area (Å²) in [4.78, 5) is 17.9. The number of anilines is 1. The van der Waals surface area contributed by atoms with Crippen LogP contribution in [0.2, 0.25) is 5.02 Å². The first kappa shape index (κ1) is 29.1. The lowest BCUT2D eigenvalue weighted by atomic mass is 9.78.